The summed E-state index contributed by atoms with van der Waals surface area (Å²) in [5, 5.41) is 4.85. The Kier molecular flexibility index (Phi) is 5.32. The van der Waals surface area contributed by atoms with Gasteiger partial charge < -0.3 is 5.32 Å². The van der Waals surface area contributed by atoms with Crippen LogP contribution in [0.1, 0.15) is 28.3 Å². The van der Waals surface area contributed by atoms with Crippen molar-refractivity contribution in [3.05, 3.63) is 54.1 Å². The van der Waals surface area contributed by atoms with Crippen LogP contribution < -0.4 is 5.32 Å². The van der Waals surface area contributed by atoms with Crippen LogP contribution in [0.15, 0.2) is 28.7 Å². The number of thiophene rings is 1. The Morgan fingerprint density at radius 2 is 1.95 bits per heavy atom. The summed E-state index contributed by atoms with van der Waals surface area (Å²) < 4.78 is 1.12. The lowest BCUT2D eigenvalue weighted by atomic mass is 10.1. The molecule has 1 atom stereocenters. The Morgan fingerprint density at radius 1 is 1.32 bits per heavy atom. The van der Waals surface area contributed by atoms with Crippen molar-refractivity contribution in [2.45, 2.75) is 19.9 Å². The third kappa shape index (κ3) is 3.34. The topological polar surface area (TPSA) is 12.0 Å². The molecule has 5 heteroatoms. The maximum atomic E-state index is 6.32. The van der Waals surface area contributed by atoms with E-state index >= 15 is 0 Å². The van der Waals surface area contributed by atoms with E-state index in [1.807, 2.05) is 18.2 Å². The molecule has 1 N–H and O–H groups in total. The predicted molar refractivity (Wildman–Crippen MR) is 88.7 cm³/mol. The second-order valence-corrected chi connectivity index (χ2v) is 7.14. The van der Waals surface area contributed by atoms with E-state index < -0.39 is 0 Å². The van der Waals surface area contributed by atoms with E-state index in [-0.39, 0.29) is 6.04 Å². The quantitative estimate of drug-likeness (QED) is 0.706. The van der Waals surface area contributed by atoms with Crippen molar-refractivity contribution in [2.24, 2.45) is 0 Å². The number of benzene rings is 1. The molecule has 1 nitrogen and oxygen atoms in total. The molecule has 0 fully saturated rings. The molecule has 19 heavy (non-hydrogen) atoms. The van der Waals surface area contributed by atoms with Gasteiger partial charge in [0.25, 0.3) is 0 Å². The van der Waals surface area contributed by atoms with Gasteiger partial charge in [-0.3, -0.25) is 0 Å². The highest BCUT2D eigenvalue weighted by Gasteiger charge is 2.21. The van der Waals surface area contributed by atoms with Crippen molar-refractivity contribution < 1.29 is 0 Å². The molecule has 0 bridgehead atoms. The Bertz CT molecular complexity index is 543. The largest absolute Gasteiger partial charge is 0.306 e. The zero-order valence-electron chi connectivity index (χ0n) is 10.6. The maximum Gasteiger partial charge on any atom is 0.0700 e. The molecule has 1 aromatic heterocycles. The third-order valence-corrected chi connectivity index (χ3v) is 5.72. The van der Waals surface area contributed by atoms with Crippen LogP contribution in [-0.4, -0.2) is 6.54 Å². The lowest BCUT2D eigenvalue weighted by Crippen LogP contribution is -2.21. The molecule has 1 unspecified atom stereocenters. The highest BCUT2D eigenvalue weighted by Crippen LogP contribution is 2.38. The van der Waals surface area contributed by atoms with Gasteiger partial charge in [0.2, 0.25) is 0 Å². The van der Waals surface area contributed by atoms with Crippen molar-refractivity contribution in [2.75, 3.05) is 6.54 Å². The van der Waals surface area contributed by atoms with E-state index in [1.54, 1.807) is 11.3 Å². The normalized spacial score (nSPS) is 12.7. The predicted octanol–water partition coefficient (Wildman–Crippen LogP) is 5.82. The molecule has 0 saturated carbocycles. The summed E-state index contributed by atoms with van der Waals surface area (Å²) in [6.45, 7) is 5.02. The van der Waals surface area contributed by atoms with Gasteiger partial charge in [-0.2, -0.15) is 0 Å². The van der Waals surface area contributed by atoms with Crippen LogP contribution in [0.5, 0.6) is 0 Å². The van der Waals surface area contributed by atoms with Crippen LogP contribution in [0.25, 0.3) is 0 Å². The van der Waals surface area contributed by atoms with Crippen LogP contribution in [-0.2, 0) is 0 Å². The lowest BCUT2D eigenvalue weighted by molar-refractivity contribution is 0.640. The van der Waals surface area contributed by atoms with Gasteiger partial charge in [0, 0.05) is 29.8 Å². The van der Waals surface area contributed by atoms with Gasteiger partial charge >= 0.3 is 0 Å². The van der Waals surface area contributed by atoms with E-state index in [0.29, 0.717) is 10.0 Å². The van der Waals surface area contributed by atoms with Gasteiger partial charge in [-0.15, -0.1) is 11.3 Å². The standard InChI is InChI=1S/C14H14BrCl2NS/c1-3-18-14(12-7-9(15)8(2)19-12)13-10(16)5-4-6-11(13)17/h4-7,14,18H,3H2,1-2H3. The highest BCUT2D eigenvalue weighted by atomic mass is 79.9. The lowest BCUT2D eigenvalue weighted by Gasteiger charge is -2.19. The second kappa shape index (κ2) is 6.59. The maximum absolute atomic E-state index is 6.32. The molecule has 2 rings (SSSR count). The molecule has 2 aromatic rings. The first kappa shape index (κ1) is 15.3. The van der Waals surface area contributed by atoms with Crippen molar-refractivity contribution in [1.29, 1.82) is 0 Å². The van der Waals surface area contributed by atoms with E-state index in [0.717, 1.165) is 16.6 Å². The fourth-order valence-electron chi connectivity index (χ4n) is 1.96. The highest BCUT2D eigenvalue weighted by molar-refractivity contribution is 9.10. The number of rotatable bonds is 4. The molecule has 0 spiro atoms. The van der Waals surface area contributed by atoms with E-state index in [1.165, 1.54) is 9.75 Å². The number of hydrogen-bond donors (Lipinski definition) is 1. The minimum atomic E-state index is 0.0289. The fraction of sp³-hybridized carbons (Fsp3) is 0.286. The summed E-state index contributed by atoms with van der Waals surface area (Å²) in [6, 6.07) is 7.78. The molecule has 0 amide bonds. The summed E-state index contributed by atoms with van der Waals surface area (Å²) in [7, 11) is 0. The van der Waals surface area contributed by atoms with Crippen molar-refractivity contribution in [3.8, 4) is 0 Å². The van der Waals surface area contributed by atoms with E-state index in [4.69, 9.17) is 23.2 Å². The molecular weight excluding hydrogens is 365 g/mol. The van der Waals surface area contributed by atoms with Crippen molar-refractivity contribution in [1.82, 2.24) is 5.32 Å². The average molecular weight is 379 g/mol. The van der Waals surface area contributed by atoms with Crippen LogP contribution in [0, 0.1) is 6.92 Å². The first-order chi connectivity index (χ1) is 9.04. The van der Waals surface area contributed by atoms with E-state index in [9.17, 15) is 0 Å². The van der Waals surface area contributed by atoms with Gasteiger partial charge in [0.1, 0.15) is 0 Å². The average Bonchev–Trinajstić information content (AvgIpc) is 2.68. The van der Waals surface area contributed by atoms with Crippen LogP contribution in [0.4, 0.5) is 0 Å². The minimum absolute atomic E-state index is 0.0289. The number of halogens is 3. The van der Waals surface area contributed by atoms with Gasteiger partial charge in [0.15, 0.2) is 0 Å². The summed E-state index contributed by atoms with van der Waals surface area (Å²) in [6.07, 6.45) is 0. The number of aryl methyl sites for hydroxylation is 1. The Hall–Kier alpha value is -0.0600. The molecule has 0 radical (unpaired) electrons. The first-order valence-electron chi connectivity index (χ1n) is 5.97. The summed E-state index contributed by atoms with van der Waals surface area (Å²) >= 11 is 18.0. The first-order valence-corrected chi connectivity index (χ1v) is 8.34. The second-order valence-electron chi connectivity index (χ2n) is 4.18. The van der Waals surface area contributed by atoms with Crippen molar-refractivity contribution in [3.63, 3.8) is 0 Å². The number of nitrogens with one attached hydrogen (secondary N) is 1. The third-order valence-electron chi connectivity index (χ3n) is 2.86. The van der Waals surface area contributed by atoms with Crippen LogP contribution in [0.2, 0.25) is 10.0 Å². The molecule has 0 saturated heterocycles. The summed E-state index contributed by atoms with van der Waals surface area (Å²) in [5.74, 6) is 0. The molecule has 1 aromatic carbocycles. The van der Waals surface area contributed by atoms with Crippen LogP contribution in [0.3, 0.4) is 0 Å². The molecule has 0 aliphatic carbocycles. The van der Waals surface area contributed by atoms with Crippen molar-refractivity contribution >= 4 is 50.5 Å². The monoisotopic (exact) mass is 377 g/mol. The smallest absolute Gasteiger partial charge is 0.0700 e. The molecule has 0 aliphatic heterocycles. The molecule has 102 valence electrons. The Morgan fingerprint density at radius 3 is 2.42 bits per heavy atom. The van der Waals surface area contributed by atoms with Crippen LogP contribution >= 0.6 is 50.5 Å². The SMILES string of the molecule is CCNC(c1cc(Br)c(C)s1)c1c(Cl)cccc1Cl. The molecule has 1 heterocycles. The molecular formula is C14H14BrCl2NS. The minimum Gasteiger partial charge on any atom is -0.306 e. The van der Waals surface area contributed by atoms with Gasteiger partial charge in [0.05, 0.1) is 6.04 Å². The van der Waals surface area contributed by atoms with Gasteiger partial charge in [-0.25, -0.2) is 0 Å². The summed E-state index contributed by atoms with van der Waals surface area (Å²) in [4.78, 5) is 2.46. The zero-order chi connectivity index (χ0) is 14.0. The number of hydrogen-bond acceptors (Lipinski definition) is 2. The summed E-state index contributed by atoms with van der Waals surface area (Å²) in [5.41, 5.74) is 0.946. The van der Waals surface area contributed by atoms with Gasteiger partial charge in [-0.1, -0.05) is 36.2 Å². The van der Waals surface area contributed by atoms with E-state index in [2.05, 4.69) is 41.2 Å². The zero-order valence-corrected chi connectivity index (χ0v) is 14.6. The van der Waals surface area contributed by atoms with Gasteiger partial charge in [-0.05, 0) is 47.6 Å². The molecule has 0 aliphatic rings. The Balaban J connectivity index is 2.51. The Labute approximate surface area is 136 Å². The fourth-order valence-corrected chi connectivity index (χ4v) is 4.22.